The Morgan fingerprint density at radius 3 is 3.20 bits per heavy atom. The molecule has 0 aromatic carbocycles. The van der Waals surface area contributed by atoms with Gasteiger partial charge in [0.05, 0.1) is 0 Å². The third-order valence-corrected chi connectivity index (χ3v) is 1.69. The Hall–Kier alpha value is -0.350. The summed E-state index contributed by atoms with van der Waals surface area (Å²) in [7, 11) is 0. The number of nitrogens with zero attached hydrogens (tertiary/aromatic N) is 1. The normalized spacial score (nSPS) is 15.6. The summed E-state index contributed by atoms with van der Waals surface area (Å²) in [5.41, 5.74) is 1.40. The molecule has 3 nitrogen and oxygen atoms in total. The minimum atomic E-state index is 0. The van der Waals surface area contributed by atoms with E-state index in [0.29, 0.717) is 0 Å². The lowest BCUT2D eigenvalue weighted by molar-refractivity contribution is -0.711. The van der Waals surface area contributed by atoms with Crippen LogP contribution in [0, 0.1) is 0 Å². The van der Waals surface area contributed by atoms with Crippen LogP contribution in [-0.4, -0.2) is 11.5 Å². The second-order valence-electron chi connectivity index (χ2n) is 2.31. The summed E-state index contributed by atoms with van der Waals surface area (Å²) in [5, 5.41) is 3.27. The Bertz CT molecular complexity index is 188. The highest BCUT2D eigenvalue weighted by molar-refractivity contribution is 4.87. The second kappa shape index (κ2) is 3.16. The largest absolute Gasteiger partial charge is 1.00 e. The van der Waals surface area contributed by atoms with Crippen LogP contribution >= 0.6 is 0 Å². The number of H-pyrrole nitrogens is 1. The average Bonchev–Trinajstić information content (AvgIpc) is 2.33. The van der Waals surface area contributed by atoms with E-state index < -0.39 is 0 Å². The van der Waals surface area contributed by atoms with Gasteiger partial charge in [0.1, 0.15) is 18.6 Å². The zero-order valence-electron chi connectivity index (χ0n) is 5.60. The molecule has 1 aliphatic heterocycles. The third kappa shape index (κ3) is 1.22. The summed E-state index contributed by atoms with van der Waals surface area (Å²) in [4.78, 5) is 3.06. The van der Waals surface area contributed by atoms with Gasteiger partial charge in [0.25, 0.3) is 0 Å². The maximum atomic E-state index is 3.27. The molecule has 0 atom stereocenters. The van der Waals surface area contributed by atoms with Gasteiger partial charge in [-0.25, -0.2) is 9.55 Å². The molecule has 2 N–H and O–H groups in total. The van der Waals surface area contributed by atoms with Crippen LogP contribution in [0.5, 0.6) is 0 Å². The molecule has 0 radical (unpaired) electrons. The minimum absolute atomic E-state index is 0. The maximum absolute atomic E-state index is 3.27. The number of aromatic nitrogens is 2. The zero-order valence-corrected chi connectivity index (χ0v) is 7.19. The Labute approximate surface area is 70.2 Å². The van der Waals surface area contributed by atoms with Crippen molar-refractivity contribution in [2.75, 3.05) is 6.54 Å². The van der Waals surface area contributed by atoms with Crippen LogP contribution < -0.4 is 26.9 Å². The topological polar surface area (TPSA) is 31.7 Å². The minimum Gasteiger partial charge on any atom is -1.00 e. The number of nitrogens with one attached hydrogen (secondary N) is 2. The van der Waals surface area contributed by atoms with E-state index in [2.05, 4.69) is 21.1 Å². The van der Waals surface area contributed by atoms with Gasteiger partial charge >= 0.3 is 0 Å². The first-order chi connectivity index (χ1) is 4.47. The molecule has 0 aliphatic carbocycles. The van der Waals surface area contributed by atoms with Gasteiger partial charge in [-0.1, -0.05) is 0 Å². The van der Waals surface area contributed by atoms with Crippen LogP contribution in [0.2, 0.25) is 0 Å². The van der Waals surface area contributed by atoms with Crippen molar-refractivity contribution in [2.45, 2.75) is 13.1 Å². The lowest BCUT2D eigenvalue weighted by atomic mass is 10.3. The third-order valence-electron chi connectivity index (χ3n) is 1.69. The van der Waals surface area contributed by atoms with Crippen molar-refractivity contribution >= 4 is 0 Å². The molecule has 2 heterocycles. The first-order valence-electron chi connectivity index (χ1n) is 3.22. The summed E-state index contributed by atoms with van der Waals surface area (Å²) in [6.45, 7) is 2.07. The number of hydrogen-bond donors (Lipinski definition) is 2. The summed E-state index contributed by atoms with van der Waals surface area (Å²) in [6, 6.07) is 0. The molecule has 0 unspecified atom stereocenters. The molecule has 1 aromatic heterocycles. The molecule has 10 heavy (non-hydrogen) atoms. The molecule has 56 valence electrons. The number of hydrogen-bond acceptors (Lipinski definition) is 1. The van der Waals surface area contributed by atoms with E-state index in [4.69, 9.17) is 0 Å². The molecule has 4 heteroatoms. The first kappa shape index (κ1) is 7.75. The predicted molar refractivity (Wildman–Crippen MR) is 32.7 cm³/mol. The number of imidazole rings is 1. The molecule has 0 bridgehead atoms. The van der Waals surface area contributed by atoms with Crippen molar-refractivity contribution in [3.8, 4) is 0 Å². The van der Waals surface area contributed by atoms with Crippen LogP contribution in [0.4, 0.5) is 0 Å². The van der Waals surface area contributed by atoms with Crippen molar-refractivity contribution in [1.82, 2.24) is 10.3 Å². The van der Waals surface area contributed by atoms with Crippen molar-refractivity contribution in [1.29, 1.82) is 0 Å². The molecular formula is C6H10BrN3. The van der Waals surface area contributed by atoms with Gasteiger partial charge in [-0.3, -0.25) is 5.32 Å². The molecule has 1 aliphatic rings. The molecule has 0 amide bonds. The van der Waals surface area contributed by atoms with Crippen LogP contribution in [0.15, 0.2) is 12.5 Å². The highest BCUT2D eigenvalue weighted by Gasteiger charge is 2.11. The van der Waals surface area contributed by atoms with Crippen molar-refractivity contribution in [2.24, 2.45) is 0 Å². The smallest absolute Gasteiger partial charge is 0.242 e. The highest BCUT2D eigenvalue weighted by Crippen LogP contribution is 1.92. The average molecular weight is 204 g/mol. The van der Waals surface area contributed by atoms with Crippen molar-refractivity contribution in [3.05, 3.63) is 18.2 Å². The van der Waals surface area contributed by atoms with E-state index in [-0.39, 0.29) is 17.0 Å². The Morgan fingerprint density at radius 2 is 2.40 bits per heavy atom. The number of rotatable bonds is 0. The van der Waals surface area contributed by atoms with Crippen LogP contribution in [0.3, 0.4) is 0 Å². The van der Waals surface area contributed by atoms with Crippen molar-refractivity contribution in [3.63, 3.8) is 0 Å². The number of halogens is 1. The van der Waals surface area contributed by atoms with Gasteiger partial charge in [-0.2, -0.15) is 0 Å². The summed E-state index contributed by atoms with van der Waals surface area (Å²) in [6.07, 6.45) is 5.19. The standard InChI is InChI=1S/C6H9N3.BrH/c1-2-7-4-9-5-8-3-6(1)9;/h3,5,7H,1-2,4H2;1H. The monoisotopic (exact) mass is 203 g/mol. The lowest BCUT2D eigenvalue weighted by Crippen LogP contribution is -3.00. The Kier molecular flexibility index (Phi) is 2.45. The molecular weight excluding hydrogens is 194 g/mol. The van der Waals surface area contributed by atoms with Crippen LogP contribution in [0.25, 0.3) is 0 Å². The van der Waals surface area contributed by atoms with E-state index >= 15 is 0 Å². The Morgan fingerprint density at radius 1 is 1.50 bits per heavy atom. The van der Waals surface area contributed by atoms with Gasteiger partial charge < -0.3 is 17.0 Å². The molecule has 0 spiro atoms. The van der Waals surface area contributed by atoms with E-state index in [1.165, 1.54) is 5.69 Å². The molecule has 0 fully saturated rings. The zero-order chi connectivity index (χ0) is 6.10. The molecule has 2 rings (SSSR count). The van der Waals surface area contributed by atoms with Crippen LogP contribution in [-0.2, 0) is 13.1 Å². The summed E-state index contributed by atoms with van der Waals surface area (Å²) < 4.78 is 2.18. The predicted octanol–water partition coefficient (Wildman–Crippen LogP) is -3.59. The first-order valence-corrected chi connectivity index (χ1v) is 3.22. The van der Waals surface area contributed by atoms with Gasteiger partial charge in [-0.05, 0) is 0 Å². The summed E-state index contributed by atoms with van der Waals surface area (Å²) in [5.74, 6) is 0. The van der Waals surface area contributed by atoms with Gasteiger partial charge in [0, 0.05) is 13.0 Å². The Balaban J connectivity index is 0.000000500. The highest BCUT2D eigenvalue weighted by atomic mass is 79.9. The maximum Gasteiger partial charge on any atom is 0.242 e. The lowest BCUT2D eigenvalue weighted by Gasteiger charge is -2.08. The quantitative estimate of drug-likeness (QED) is 0.420. The molecule has 0 saturated carbocycles. The van der Waals surface area contributed by atoms with Crippen molar-refractivity contribution < 1.29 is 21.5 Å². The molecule has 0 saturated heterocycles. The van der Waals surface area contributed by atoms with E-state index in [1.807, 2.05) is 6.33 Å². The van der Waals surface area contributed by atoms with E-state index in [1.54, 1.807) is 0 Å². The SMILES string of the molecule is [Br-].c1[nH]c[n+]2c1CCNC2. The molecule has 1 aromatic rings. The van der Waals surface area contributed by atoms with Gasteiger partial charge in [-0.15, -0.1) is 0 Å². The van der Waals surface area contributed by atoms with Crippen LogP contribution in [0.1, 0.15) is 5.69 Å². The fourth-order valence-electron chi connectivity index (χ4n) is 1.17. The number of fused-ring (bicyclic) bond motifs is 1. The fourth-order valence-corrected chi connectivity index (χ4v) is 1.17. The van der Waals surface area contributed by atoms with E-state index in [0.717, 1.165) is 19.6 Å². The van der Waals surface area contributed by atoms with E-state index in [9.17, 15) is 0 Å². The van der Waals surface area contributed by atoms with Gasteiger partial charge in [0.15, 0.2) is 0 Å². The second-order valence-corrected chi connectivity index (χ2v) is 2.31. The fraction of sp³-hybridized carbons (Fsp3) is 0.500. The van der Waals surface area contributed by atoms with Gasteiger partial charge in [0.2, 0.25) is 6.33 Å². The number of aromatic amines is 1. The summed E-state index contributed by atoms with van der Waals surface area (Å²) >= 11 is 0.